The van der Waals surface area contributed by atoms with Gasteiger partial charge in [-0.25, -0.2) is 4.52 Å². The van der Waals surface area contributed by atoms with Crippen LogP contribution in [0.3, 0.4) is 0 Å². The summed E-state index contributed by atoms with van der Waals surface area (Å²) in [6, 6.07) is 5.43. The van der Waals surface area contributed by atoms with Gasteiger partial charge >= 0.3 is 0 Å². The number of amides is 1. The molecule has 0 saturated carbocycles. The molecule has 0 aromatic carbocycles. The van der Waals surface area contributed by atoms with Crippen LogP contribution in [0.2, 0.25) is 0 Å². The van der Waals surface area contributed by atoms with Crippen LogP contribution in [0.1, 0.15) is 30.3 Å². The third kappa shape index (κ3) is 2.03. The number of hydrogen-bond acceptors (Lipinski definition) is 3. The van der Waals surface area contributed by atoms with Gasteiger partial charge in [-0.05, 0) is 18.6 Å². The van der Waals surface area contributed by atoms with Crippen LogP contribution in [0.5, 0.6) is 0 Å². The first-order valence-electron chi connectivity index (χ1n) is 5.40. The van der Waals surface area contributed by atoms with E-state index < -0.39 is 0 Å². The first kappa shape index (κ1) is 10.6. The Morgan fingerprint density at radius 2 is 2.38 bits per heavy atom. The largest absolute Gasteiger partial charge is 0.351 e. The molecule has 0 spiro atoms. The van der Waals surface area contributed by atoms with Crippen molar-refractivity contribution in [2.24, 2.45) is 0 Å². The Morgan fingerprint density at radius 3 is 3.19 bits per heavy atom. The summed E-state index contributed by atoms with van der Waals surface area (Å²) < 4.78 is 1.54. The lowest BCUT2D eigenvalue weighted by Crippen LogP contribution is -2.26. The predicted molar refractivity (Wildman–Crippen MR) is 60.2 cm³/mol. The quantitative estimate of drug-likeness (QED) is 0.786. The van der Waals surface area contributed by atoms with Gasteiger partial charge in [0.25, 0.3) is 5.91 Å². The molecule has 1 N–H and O–H groups in total. The Morgan fingerprint density at radius 1 is 1.50 bits per heavy atom. The molecule has 0 aliphatic rings. The summed E-state index contributed by atoms with van der Waals surface area (Å²) in [5.74, 6) is -0.107. The van der Waals surface area contributed by atoms with E-state index in [2.05, 4.69) is 22.6 Å². The van der Waals surface area contributed by atoms with E-state index in [1.165, 1.54) is 0 Å². The average Bonchev–Trinajstić information content (AvgIpc) is 2.76. The fourth-order valence-corrected chi connectivity index (χ4v) is 1.49. The number of pyridine rings is 1. The van der Waals surface area contributed by atoms with Crippen LogP contribution in [0.15, 0.2) is 24.4 Å². The number of rotatable bonds is 4. The van der Waals surface area contributed by atoms with E-state index in [9.17, 15) is 4.79 Å². The Bertz CT molecular complexity index is 491. The number of carbonyl (C=O) groups excluding carboxylic acids is 1. The molecule has 0 aliphatic carbocycles. The summed E-state index contributed by atoms with van der Waals surface area (Å²) in [6.45, 7) is 2.78. The first-order valence-corrected chi connectivity index (χ1v) is 5.40. The van der Waals surface area contributed by atoms with Crippen LogP contribution in [0.4, 0.5) is 0 Å². The molecule has 0 unspecified atom stereocenters. The monoisotopic (exact) mass is 218 g/mol. The summed E-state index contributed by atoms with van der Waals surface area (Å²) in [7, 11) is 0. The van der Waals surface area contributed by atoms with E-state index in [0.717, 1.165) is 18.4 Å². The smallest absolute Gasteiger partial charge is 0.270 e. The number of unbranched alkanes of at least 4 members (excludes halogenated alkanes) is 1. The lowest BCUT2D eigenvalue weighted by Gasteiger charge is -2.05. The molecule has 0 bridgehead atoms. The molecule has 0 aliphatic heterocycles. The van der Waals surface area contributed by atoms with Crippen molar-refractivity contribution in [2.45, 2.75) is 19.8 Å². The minimum Gasteiger partial charge on any atom is -0.351 e. The van der Waals surface area contributed by atoms with Crippen molar-refractivity contribution in [2.75, 3.05) is 6.54 Å². The summed E-state index contributed by atoms with van der Waals surface area (Å²) in [4.78, 5) is 11.8. The van der Waals surface area contributed by atoms with Gasteiger partial charge in [-0.3, -0.25) is 4.79 Å². The van der Waals surface area contributed by atoms with Crippen molar-refractivity contribution in [3.8, 4) is 0 Å². The molecular formula is C11H14N4O. The molecule has 5 nitrogen and oxygen atoms in total. The van der Waals surface area contributed by atoms with Crippen molar-refractivity contribution in [1.29, 1.82) is 0 Å². The fraction of sp³-hybridized carbons (Fsp3) is 0.364. The maximum Gasteiger partial charge on any atom is 0.270 e. The maximum atomic E-state index is 11.8. The zero-order valence-electron chi connectivity index (χ0n) is 9.18. The van der Waals surface area contributed by atoms with E-state index in [0.29, 0.717) is 12.2 Å². The molecule has 2 aromatic rings. The number of carbonyl (C=O) groups is 1. The molecule has 16 heavy (non-hydrogen) atoms. The van der Waals surface area contributed by atoms with Gasteiger partial charge in [0.2, 0.25) is 0 Å². The minimum absolute atomic E-state index is 0.107. The summed E-state index contributed by atoms with van der Waals surface area (Å²) >= 11 is 0. The second-order valence-electron chi connectivity index (χ2n) is 3.59. The highest BCUT2D eigenvalue weighted by atomic mass is 16.1. The molecule has 0 atom stereocenters. The molecule has 1 amide bonds. The Labute approximate surface area is 93.5 Å². The third-order valence-corrected chi connectivity index (χ3v) is 2.37. The van der Waals surface area contributed by atoms with E-state index in [1.54, 1.807) is 16.8 Å². The van der Waals surface area contributed by atoms with Crippen LogP contribution in [0.25, 0.3) is 5.52 Å². The lowest BCUT2D eigenvalue weighted by molar-refractivity contribution is 0.0945. The number of nitrogens with one attached hydrogen (secondary N) is 1. The van der Waals surface area contributed by atoms with Gasteiger partial charge in [0.15, 0.2) is 0 Å². The normalized spacial score (nSPS) is 10.6. The SMILES string of the molecule is CCCCNC(=O)c1cccc2cnnn12. The Hall–Kier alpha value is -1.91. The van der Waals surface area contributed by atoms with Gasteiger partial charge in [-0.1, -0.05) is 24.6 Å². The number of hydrogen-bond donors (Lipinski definition) is 1. The van der Waals surface area contributed by atoms with Crippen LogP contribution in [-0.4, -0.2) is 27.3 Å². The molecule has 84 valence electrons. The van der Waals surface area contributed by atoms with Gasteiger partial charge in [0, 0.05) is 6.54 Å². The maximum absolute atomic E-state index is 11.8. The zero-order chi connectivity index (χ0) is 11.4. The van der Waals surface area contributed by atoms with E-state index in [1.807, 2.05) is 12.1 Å². The van der Waals surface area contributed by atoms with Gasteiger partial charge in [-0.15, -0.1) is 5.10 Å². The van der Waals surface area contributed by atoms with Crippen molar-refractivity contribution in [3.63, 3.8) is 0 Å². The van der Waals surface area contributed by atoms with Crippen molar-refractivity contribution >= 4 is 11.4 Å². The minimum atomic E-state index is -0.107. The van der Waals surface area contributed by atoms with Gasteiger partial charge in [0.05, 0.1) is 11.7 Å². The van der Waals surface area contributed by atoms with Crippen molar-refractivity contribution < 1.29 is 4.79 Å². The topological polar surface area (TPSA) is 59.3 Å². The second kappa shape index (κ2) is 4.74. The summed E-state index contributed by atoms with van der Waals surface area (Å²) in [6.07, 6.45) is 3.68. The zero-order valence-corrected chi connectivity index (χ0v) is 9.18. The van der Waals surface area contributed by atoms with Crippen LogP contribution in [0, 0.1) is 0 Å². The van der Waals surface area contributed by atoms with Crippen LogP contribution in [-0.2, 0) is 0 Å². The van der Waals surface area contributed by atoms with Crippen LogP contribution >= 0.6 is 0 Å². The van der Waals surface area contributed by atoms with E-state index in [4.69, 9.17) is 0 Å². The molecule has 0 fully saturated rings. The summed E-state index contributed by atoms with van der Waals surface area (Å²) in [5, 5.41) is 10.5. The molecule has 2 heterocycles. The highest BCUT2D eigenvalue weighted by molar-refractivity contribution is 5.93. The lowest BCUT2D eigenvalue weighted by atomic mass is 10.3. The van der Waals surface area contributed by atoms with Gasteiger partial charge < -0.3 is 5.32 Å². The molecule has 2 rings (SSSR count). The Kier molecular flexibility index (Phi) is 3.14. The van der Waals surface area contributed by atoms with Gasteiger partial charge in [0.1, 0.15) is 5.69 Å². The predicted octanol–water partition coefficient (Wildman–Crippen LogP) is 1.26. The Balaban J connectivity index is 2.19. The van der Waals surface area contributed by atoms with Crippen molar-refractivity contribution in [3.05, 3.63) is 30.1 Å². The highest BCUT2D eigenvalue weighted by Gasteiger charge is 2.09. The van der Waals surface area contributed by atoms with Gasteiger partial charge in [-0.2, -0.15) is 0 Å². The number of nitrogens with zero attached hydrogens (tertiary/aromatic N) is 3. The molecular weight excluding hydrogens is 204 g/mol. The average molecular weight is 218 g/mol. The number of fused-ring (bicyclic) bond motifs is 1. The molecule has 0 saturated heterocycles. The second-order valence-corrected chi connectivity index (χ2v) is 3.59. The molecule has 5 heteroatoms. The summed E-state index contributed by atoms with van der Waals surface area (Å²) in [5.41, 5.74) is 1.34. The first-order chi connectivity index (χ1) is 7.83. The van der Waals surface area contributed by atoms with Crippen molar-refractivity contribution in [1.82, 2.24) is 20.1 Å². The molecule has 2 aromatic heterocycles. The standard InChI is InChI=1S/C11H14N4O/c1-2-3-7-12-11(16)10-6-4-5-9-8-13-14-15(9)10/h4-6,8H,2-3,7H2,1H3,(H,12,16). The molecule has 0 radical (unpaired) electrons. The highest BCUT2D eigenvalue weighted by Crippen LogP contribution is 2.04. The number of aromatic nitrogens is 3. The van der Waals surface area contributed by atoms with E-state index >= 15 is 0 Å². The van der Waals surface area contributed by atoms with Crippen LogP contribution < -0.4 is 5.32 Å². The van der Waals surface area contributed by atoms with E-state index in [-0.39, 0.29) is 5.91 Å². The fourth-order valence-electron chi connectivity index (χ4n) is 1.49. The third-order valence-electron chi connectivity index (χ3n) is 2.37.